The lowest BCUT2D eigenvalue weighted by Gasteiger charge is -2.38. The molecule has 1 aromatic rings. The van der Waals surface area contributed by atoms with Crippen molar-refractivity contribution in [2.45, 2.75) is 62.2 Å². The molecule has 0 aromatic heterocycles. The molecule has 1 aromatic carbocycles. The number of benzene rings is 1. The van der Waals surface area contributed by atoms with E-state index in [4.69, 9.17) is 21.1 Å². The van der Waals surface area contributed by atoms with Crippen molar-refractivity contribution in [1.82, 2.24) is 4.90 Å². The molecular formula is C24H30BrClN2O6. The molecule has 3 saturated heterocycles. The van der Waals surface area contributed by atoms with Crippen LogP contribution in [-0.2, 0) is 23.9 Å². The molecule has 0 aliphatic carbocycles. The summed E-state index contributed by atoms with van der Waals surface area (Å²) in [4.78, 5) is 42.0. The van der Waals surface area contributed by atoms with Gasteiger partial charge in [-0.05, 0) is 31.4 Å². The summed E-state index contributed by atoms with van der Waals surface area (Å²) in [5.41, 5.74) is -0.810. The predicted molar refractivity (Wildman–Crippen MR) is 130 cm³/mol. The number of aliphatic hydroxyl groups excluding tert-OH is 1. The number of ether oxygens (including phenoxy) is 2. The highest BCUT2D eigenvalue weighted by atomic mass is 79.9. The molecule has 1 spiro atoms. The Kier molecular flexibility index (Phi) is 7.29. The van der Waals surface area contributed by atoms with Gasteiger partial charge in [-0.25, -0.2) is 0 Å². The lowest BCUT2D eigenvalue weighted by Crippen LogP contribution is -2.57. The number of esters is 1. The molecule has 3 fully saturated rings. The second-order valence-electron chi connectivity index (χ2n) is 9.27. The van der Waals surface area contributed by atoms with Gasteiger partial charge in [0.05, 0.1) is 47.9 Å². The zero-order valence-corrected chi connectivity index (χ0v) is 21.7. The van der Waals surface area contributed by atoms with E-state index >= 15 is 0 Å². The number of amides is 2. The Hall–Kier alpha value is -1.68. The van der Waals surface area contributed by atoms with Crippen molar-refractivity contribution < 1.29 is 29.0 Å². The molecule has 3 unspecified atom stereocenters. The van der Waals surface area contributed by atoms with Crippen molar-refractivity contribution in [3.63, 3.8) is 0 Å². The number of nitrogens with one attached hydrogen (secondary N) is 1. The van der Waals surface area contributed by atoms with Crippen molar-refractivity contribution >= 4 is 51.0 Å². The lowest BCUT2D eigenvalue weighted by atomic mass is 9.70. The summed E-state index contributed by atoms with van der Waals surface area (Å²) in [6.45, 7) is 5.46. The number of fused-ring (bicyclic) bond motifs is 1. The molecule has 2 amide bonds. The van der Waals surface area contributed by atoms with E-state index in [1.54, 1.807) is 31.2 Å². The zero-order chi connectivity index (χ0) is 24.8. The zero-order valence-electron chi connectivity index (χ0n) is 19.4. The maximum absolute atomic E-state index is 14.0. The van der Waals surface area contributed by atoms with Crippen LogP contribution in [0, 0.1) is 17.8 Å². The standard InChI is InChI=1S/C24H30BrClN2O6/c1-4-12(3)16(11-29)28-20(21(30)27-15-9-7-6-8-14(15)26)24-10-13(25)19(34-24)17(18(24)22(28)31)23(32)33-5-2/h6-9,12-13,16-20,29H,4-5,10-11H2,1-3H3,(H,27,30)/t12-,13?,16-,17-,18-,19-,20?,24?/m0/s1. The van der Waals surface area contributed by atoms with Crippen LogP contribution in [-0.4, -0.2) is 69.6 Å². The first-order valence-corrected chi connectivity index (χ1v) is 13.0. The highest BCUT2D eigenvalue weighted by Gasteiger charge is 2.77. The Labute approximate surface area is 212 Å². The first-order valence-electron chi connectivity index (χ1n) is 11.7. The molecular weight excluding hydrogens is 528 g/mol. The molecule has 10 heteroatoms. The molecule has 0 saturated carbocycles. The summed E-state index contributed by atoms with van der Waals surface area (Å²) in [7, 11) is 0. The van der Waals surface area contributed by atoms with E-state index in [1.807, 2.05) is 13.8 Å². The number of aliphatic hydroxyl groups is 1. The molecule has 186 valence electrons. The molecule has 2 N–H and O–H groups in total. The SMILES string of the molecule is CCOC(=O)[C@H]1[C@H]2C(=O)N([C@@H](CO)[C@@H](C)CC)C(C(=O)Nc3ccccc3Cl)C23CC(Br)[C@@H]1O3. The summed E-state index contributed by atoms with van der Waals surface area (Å²) < 4.78 is 11.7. The van der Waals surface area contributed by atoms with Gasteiger partial charge in [0.25, 0.3) is 0 Å². The molecule has 2 bridgehead atoms. The van der Waals surface area contributed by atoms with Gasteiger partial charge in [0, 0.05) is 4.83 Å². The monoisotopic (exact) mass is 556 g/mol. The van der Waals surface area contributed by atoms with Gasteiger partial charge in [0.2, 0.25) is 11.8 Å². The quantitative estimate of drug-likeness (QED) is 0.376. The topological polar surface area (TPSA) is 105 Å². The van der Waals surface area contributed by atoms with Gasteiger partial charge >= 0.3 is 5.97 Å². The summed E-state index contributed by atoms with van der Waals surface area (Å²) in [6.07, 6.45) is 0.485. The Balaban J connectivity index is 1.80. The van der Waals surface area contributed by atoms with E-state index in [-0.39, 0.29) is 29.9 Å². The molecule has 3 aliphatic rings. The van der Waals surface area contributed by atoms with Crippen LogP contribution in [0.15, 0.2) is 24.3 Å². The van der Waals surface area contributed by atoms with E-state index in [2.05, 4.69) is 21.2 Å². The number of hydrogen-bond donors (Lipinski definition) is 2. The third-order valence-corrected chi connectivity index (χ3v) is 8.69. The van der Waals surface area contributed by atoms with Crippen molar-refractivity contribution in [1.29, 1.82) is 0 Å². The molecule has 3 aliphatic heterocycles. The van der Waals surface area contributed by atoms with E-state index in [0.717, 1.165) is 0 Å². The lowest BCUT2D eigenvalue weighted by molar-refractivity contribution is -0.155. The first kappa shape index (κ1) is 25.4. The largest absolute Gasteiger partial charge is 0.466 e. The van der Waals surface area contributed by atoms with Crippen LogP contribution >= 0.6 is 27.5 Å². The highest BCUT2D eigenvalue weighted by Crippen LogP contribution is 2.60. The minimum absolute atomic E-state index is 0.0854. The molecule has 8 nitrogen and oxygen atoms in total. The van der Waals surface area contributed by atoms with Crippen molar-refractivity contribution in [3.8, 4) is 0 Å². The Morgan fingerprint density at radius 1 is 1.38 bits per heavy atom. The van der Waals surface area contributed by atoms with Crippen molar-refractivity contribution in [3.05, 3.63) is 29.3 Å². The predicted octanol–water partition coefficient (Wildman–Crippen LogP) is 3.00. The number of para-hydroxylation sites is 1. The average molecular weight is 558 g/mol. The number of anilines is 1. The van der Waals surface area contributed by atoms with Crippen LogP contribution in [0.2, 0.25) is 5.02 Å². The normalized spacial score (nSPS) is 33.5. The van der Waals surface area contributed by atoms with E-state index in [1.165, 1.54) is 4.90 Å². The van der Waals surface area contributed by atoms with Crippen molar-refractivity contribution in [2.75, 3.05) is 18.5 Å². The maximum atomic E-state index is 14.0. The van der Waals surface area contributed by atoms with Crippen LogP contribution in [0.1, 0.15) is 33.6 Å². The fourth-order valence-corrected chi connectivity index (χ4v) is 6.94. The highest BCUT2D eigenvalue weighted by molar-refractivity contribution is 9.09. The van der Waals surface area contributed by atoms with E-state index < -0.39 is 47.5 Å². The van der Waals surface area contributed by atoms with Crippen LogP contribution in [0.4, 0.5) is 5.69 Å². The Morgan fingerprint density at radius 2 is 2.09 bits per heavy atom. The fraction of sp³-hybridized carbons (Fsp3) is 0.625. The average Bonchev–Trinajstić information content (AvgIpc) is 3.39. The number of halogens is 2. The maximum Gasteiger partial charge on any atom is 0.312 e. The molecule has 4 rings (SSSR count). The molecule has 0 radical (unpaired) electrons. The number of likely N-dealkylation sites (tertiary alicyclic amines) is 1. The van der Waals surface area contributed by atoms with Gasteiger partial charge in [-0.1, -0.05) is 59.9 Å². The number of nitrogens with zero attached hydrogens (tertiary/aromatic N) is 1. The van der Waals surface area contributed by atoms with E-state index in [0.29, 0.717) is 23.6 Å². The summed E-state index contributed by atoms with van der Waals surface area (Å²) >= 11 is 9.89. The third kappa shape index (κ3) is 3.85. The first-order chi connectivity index (χ1) is 16.2. The summed E-state index contributed by atoms with van der Waals surface area (Å²) in [6, 6.07) is 5.18. The van der Waals surface area contributed by atoms with E-state index in [9.17, 15) is 19.5 Å². The van der Waals surface area contributed by atoms with Gasteiger partial charge in [-0.2, -0.15) is 0 Å². The van der Waals surface area contributed by atoms with Gasteiger partial charge in [-0.15, -0.1) is 0 Å². The number of rotatable bonds is 8. The number of alkyl halides is 1. The van der Waals surface area contributed by atoms with Crippen LogP contribution in [0.25, 0.3) is 0 Å². The molecule has 34 heavy (non-hydrogen) atoms. The molecule has 8 atom stereocenters. The van der Waals surface area contributed by atoms with Gasteiger partial charge in [-0.3, -0.25) is 14.4 Å². The number of carbonyl (C=O) groups is 3. The smallest absolute Gasteiger partial charge is 0.312 e. The van der Waals surface area contributed by atoms with Crippen molar-refractivity contribution in [2.24, 2.45) is 17.8 Å². The summed E-state index contributed by atoms with van der Waals surface area (Å²) in [5.74, 6) is -3.12. The summed E-state index contributed by atoms with van der Waals surface area (Å²) in [5, 5.41) is 13.5. The van der Waals surface area contributed by atoms with Gasteiger partial charge in [0.15, 0.2) is 0 Å². The second kappa shape index (κ2) is 9.76. The molecule has 3 heterocycles. The minimum Gasteiger partial charge on any atom is -0.466 e. The minimum atomic E-state index is -1.22. The number of hydrogen-bond acceptors (Lipinski definition) is 6. The van der Waals surface area contributed by atoms with Gasteiger partial charge in [0.1, 0.15) is 11.6 Å². The Morgan fingerprint density at radius 3 is 2.71 bits per heavy atom. The Bertz CT molecular complexity index is 979. The third-order valence-electron chi connectivity index (χ3n) is 7.51. The van der Waals surface area contributed by atoms with Crippen LogP contribution < -0.4 is 5.32 Å². The fourth-order valence-electron chi connectivity index (χ4n) is 5.81. The van der Waals surface area contributed by atoms with Crippen LogP contribution in [0.3, 0.4) is 0 Å². The van der Waals surface area contributed by atoms with Crippen LogP contribution in [0.5, 0.6) is 0 Å². The second-order valence-corrected chi connectivity index (χ2v) is 10.8. The van der Waals surface area contributed by atoms with Gasteiger partial charge < -0.3 is 24.8 Å². The number of carbonyl (C=O) groups excluding carboxylic acids is 3.